The van der Waals surface area contributed by atoms with Crippen molar-refractivity contribution in [1.29, 1.82) is 0 Å². The van der Waals surface area contributed by atoms with Crippen molar-refractivity contribution in [2.75, 3.05) is 18.0 Å². The van der Waals surface area contributed by atoms with Crippen LogP contribution in [-0.2, 0) is 11.3 Å². The molecule has 1 fully saturated rings. The van der Waals surface area contributed by atoms with Crippen molar-refractivity contribution in [3.63, 3.8) is 0 Å². The zero-order chi connectivity index (χ0) is 16.9. The summed E-state index contributed by atoms with van der Waals surface area (Å²) < 4.78 is 11.5. The average molecular weight is 336 g/mol. The lowest BCUT2D eigenvalue weighted by Gasteiger charge is -2.31. The lowest BCUT2D eigenvalue weighted by Crippen LogP contribution is -2.40. The van der Waals surface area contributed by atoms with Gasteiger partial charge in [-0.15, -0.1) is 0 Å². The van der Waals surface area contributed by atoms with Gasteiger partial charge in [-0.2, -0.15) is 4.98 Å². The van der Waals surface area contributed by atoms with Crippen molar-refractivity contribution < 1.29 is 9.26 Å². The average Bonchev–Trinajstić information content (AvgIpc) is 3.18. The van der Waals surface area contributed by atoms with Crippen LogP contribution in [0.2, 0.25) is 0 Å². The molecule has 0 radical (unpaired) electrons. The fourth-order valence-electron chi connectivity index (χ4n) is 3.00. The molecule has 0 aliphatic carbocycles. The Hall–Kier alpha value is -2.73. The van der Waals surface area contributed by atoms with Crippen LogP contribution in [0.4, 0.5) is 5.95 Å². The van der Waals surface area contributed by atoms with Gasteiger partial charge in [0.1, 0.15) is 0 Å². The van der Waals surface area contributed by atoms with Crippen molar-refractivity contribution in [2.45, 2.75) is 25.6 Å². The molecule has 0 saturated carbocycles. The van der Waals surface area contributed by atoms with E-state index in [2.05, 4.69) is 20.0 Å². The molecule has 25 heavy (non-hydrogen) atoms. The van der Waals surface area contributed by atoms with Crippen molar-refractivity contribution in [3.8, 4) is 11.5 Å². The first-order valence-electron chi connectivity index (χ1n) is 8.53. The summed E-state index contributed by atoms with van der Waals surface area (Å²) in [5, 5.41) is 4.14. The fraction of sp³-hybridized carbons (Fsp3) is 0.316. The van der Waals surface area contributed by atoms with Gasteiger partial charge in [-0.25, -0.2) is 0 Å². The molecule has 0 bridgehead atoms. The van der Waals surface area contributed by atoms with Crippen LogP contribution in [0.15, 0.2) is 59.4 Å². The van der Waals surface area contributed by atoms with Crippen molar-refractivity contribution in [2.24, 2.45) is 0 Å². The lowest BCUT2D eigenvalue weighted by molar-refractivity contribution is 0.0311. The number of anilines is 1. The first kappa shape index (κ1) is 15.8. The van der Waals surface area contributed by atoms with E-state index in [0.29, 0.717) is 18.4 Å². The van der Waals surface area contributed by atoms with Gasteiger partial charge in [-0.3, -0.25) is 4.98 Å². The van der Waals surface area contributed by atoms with E-state index in [-0.39, 0.29) is 6.10 Å². The molecular weight excluding hydrogens is 316 g/mol. The summed E-state index contributed by atoms with van der Waals surface area (Å²) in [5.74, 6) is 1.18. The van der Waals surface area contributed by atoms with E-state index >= 15 is 0 Å². The molecule has 0 spiro atoms. The molecule has 6 heteroatoms. The second-order valence-corrected chi connectivity index (χ2v) is 6.15. The van der Waals surface area contributed by atoms with Crippen molar-refractivity contribution >= 4 is 5.95 Å². The molecule has 0 N–H and O–H groups in total. The molecule has 1 aliphatic heterocycles. The third kappa shape index (κ3) is 3.85. The summed E-state index contributed by atoms with van der Waals surface area (Å²) in [6, 6.07) is 13.8. The van der Waals surface area contributed by atoms with Gasteiger partial charge in [-0.05, 0) is 41.8 Å². The zero-order valence-corrected chi connectivity index (χ0v) is 13.9. The summed E-state index contributed by atoms with van der Waals surface area (Å²) in [4.78, 5) is 10.8. The number of rotatable bonds is 5. The van der Waals surface area contributed by atoms with Gasteiger partial charge >= 0.3 is 0 Å². The van der Waals surface area contributed by atoms with Crippen LogP contribution < -0.4 is 4.90 Å². The predicted molar refractivity (Wildman–Crippen MR) is 94.0 cm³/mol. The smallest absolute Gasteiger partial charge is 0.266 e. The van der Waals surface area contributed by atoms with E-state index in [1.54, 1.807) is 6.20 Å². The van der Waals surface area contributed by atoms with Crippen LogP contribution >= 0.6 is 0 Å². The number of benzene rings is 1. The summed E-state index contributed by atoms with van der Waals surface area (Å²) in [5.41, 5.74) is 2.02. The van der Waals surface area contributed by atoms with Gasteiger partial charge in [-0.1, -0.05) is 24.3 Å². The largest absolute Gasteiger partial charge is 0.372 e. The maximum Gasteiger partial charge on any atom is 0.266 e. The Kier molecular flexibility index (Phi) is 4.70. The van der Waals surface area contributed by atoms with Crippen molar-refractivity contribution in [1.82, 2.24) is 15.1 Å². The molecule has 2 aromatic heterocycles. The lowest BCUT2D eigenvalue weighted by atomic mass is 10.1. The van der Waals surface area contributed by atoms with E-state index in [4.69, 9.17) is 9.26 Å². The molecule has 1 aliphatic rings. The minimum Gasteiger partial charge on any atom is -0.372 e. The summed E-state index contributed by atoms with van der Waals surface area (Å²) in [7, 11) is 0. The Morgan fingerprint density at radius 3 is 2.92 bits per heavy atom. The van der Waals surface area contributed by atoms with Gasteiger partial charge < -0.3 is 14.2 Å². The Balaban J connectivity index is 1.39. The Morgan fingerprint density at radius 1 is 1.16 bits per heavy atom. The summed E-state index contributed by atoms with van der Waals surface area (Å²) in [6.07, 6.45) is 5.86. The standard InChI is InChI=1S/C19H20N4O2/c1-2-7-16(8-3-1)18-21-19(22-25-18)23-11-5-9-17(13-23)24-14-15-6-4-10-20-12-15/h1-4,6-8,10,12,17H,5,9,11,13-14H2/t17-/m0/s1. The number of ether oxygens (including phenoxy) is 1. The number of hydrogen-bond donors (Lipinski definition) is 0. The van der Waals surface area contributed by atoms with Crippen LogP contribution in [0.1, 0.15) is 18.4 Å². The molecule has 1 saturated heterocycles. The highest BCUT2D eigenvalue weighted by Gasteiger charge is 2.24. The summed E-state index contributed by atoms with van der Waals surface area (Å²) in [6.45, 7) is 2.27. The molecule has 3 aromatic rings. The Morgan fingerprint density at radius 2 is 2.08 bits per heavy atom. The van der Waals surface area contributed by atoms with E-state index < -0.39 is 0 Å². The van der Waals surface area contributed by atoms with Crippen LogP contribution in [0.3, 0.4) is 0 Å². The molecule has 1 atom stereocenters. The maximum absolute atomic E-state index is 6.04. The number of aromatic nitrogens is 3. The monoisotopic (exact) mass is 336 g/mol. The highest BCUT2D eigenvalue weighted by Crippen LogP contribution is 2.23. The minimum absolute atomic E-state index is 0.160. The quantitative estimate of drug-likeness (QED) is 0.712. The van der Waals surface area contributed by atoms with Crippen LogP contribution in [0.25, 0.3) is 11.5 Å². The molecule has 0 amide bonds. The van der Waals surface area contributed by atoms with E-state index in [9.17, 15) is 0 Å². The minimum atomic E-state index is 0.160. The second kappa shape index (κ2) is 7.44. The molecule has 3 heterocycles. The number of nitrogens with zero attached hydrogens (tertiary/aromatic N) is 4. The second-order valence-electron chi connectivity index (χ2n) is 6.15. The maximum atomic E-state index is 6.04. The summed E-state index contributed by atoms with van der Waals surface area (Å²) >= 11 is 0. The van der Waals surface area contributed by atoms with Gasteiger partial charge in [0.15, 0.2) is 0 Å². The number of hydrogen-bond acceptors (Lipinski definition) is 6. The Labute approximate surface area is 146 Å². The molecule has 6 nitrogen and oxygen atoms in total. The topological polar surface area (TPSA) is 64.3 Å². The number of pyridine rings is 1. The third-order valence-electron chi connectivity index (χ3n) is 4.31. The predicted octanol–water partition coefficient (Wildman–Crippen LogP) is 3.32. The fourth-order valence-corrected chi connectivity index (χ4v) is 3.00. The van der Waals surface area contributed by atoms with Gasteiger partial charge in [0, 0.05) is 31.0 Å². The number of piperidine rings is 1. The molecule has 0 unspecified atom stereocenters. The normalized spacial score (nSPS) is 17.6. The molecule has 128 valence electrons. The van der Waals surface area contributed by atoms with E-state index in [0.717, 1.165) is 37.1 Å². The highest BCUT2D eigenvalue weighted by atomic mass is 16.5. The van der Waals surface area contributed by atoms with E-state index in [1.165, 1.54) is 0 Å². The van der Waals surface area contributed by atoms with Gasteiger partial charge in [0.2, 0.25) is 0 Å². The van der Waals surface area contributed by atoms with Crippen molar-refractivity contribution in [3.05, 3.63) is 60.4 Å². The van der Waals surface area contributed by atoms with Gasteiger partial charge in [0.05, 0.1) is 12.7 Å². The van der Waals surface area contributed by atoms with E-state index in [1.807, 2.05) is 48.7 Å². The first-order chi connectivity index (χ1) is 12.4. The Bertz CT molecular complexity index is 791. The molecule has 4 rings (SSSR count). The highest BCUT2D eigenvalue weighted by molar-refractivity contribution is 5.54. The molecular formula is C19H20N4O2. The van der Waals surface area contributed by atoms with Crippen LogP contribution in [-0.4, -0.2) is 34.3 Å². The van der Waals surface area contributed by atoms with Crippen LogP contribution in [0, 0.1) is 0 Å². The third-order valence-corrected chi connectivity index (χ3v) is 4.31. The molecule has 1 aromatic carbocycles. The van der Waals surface area contributed by atoms with Crippen LogP contribution in [0.5, 0.6) is 0 Å². The van der Waals surface area contributed by atoms with Gasteiger partial charge in [0.25, 0.3) is 11.8 Å². The zero-order valence-electron chi connectivity index (χ0n) is 13.9. The SMILES string of the molecule is c1ccc(-c2nc(N3CCC[C@H](OCc4cccnc4)C3)no2)cc1. The first-order valence-corrected chi connectivity index (χ1v) is 8.53.